The van der Waals surface area contributed by atoms with Gasteiger partial charge in [0.2, 0.25) is 5.88 Å². The predicted molar refractivity (Wildman–Crippen MR) is 106 cm³/mol. The molecule has 0 bridgehead atoms. The number of benzene rings is 1. The Balaban J connectivity index is 1.60. The zero-order chi connectivity index (χ0) is 19.1. The largest absolute Gasteiger partial charge is 0.474 e. The topological polar surface area (TPSA) is 74.4 Å². The molecule has 4 aromatic rings. The molecule has 5 rings (SSSR count). The van der Waals surface area contributed by atoms with Gasteiger partial charge in [0.25, 0.3) is 0 Å². The number of hydrogen-bond donors (Lipinski definition) is 0. The number of fused-ring (bicyclic) bond motifs is 2. The lowest BCUT2D eigenvalue weighted by Crippen LogP contribution is -2.26. The van der Waals surface area contributed by atoms with Crippen molar-refractivity contribution < 1.29 is 9.47 Å². The van der Waals surface area contributed by atoms with Gasteiger partial charge in [-0.1, -0.05) is 23.7 Å². The van der Waals surface area contributed by atoms with Gasteiger partial charge in [-0.05, 0) is 19.1 Å². The van der Waals surface area contributed by atoms with Crippen molar-refractivity contribution in [1.82, 2.24) is 24.6 Å². The molecule has 0 saturated carbocycles. The predicted octanol–water partition coefficient (Wildman–Crippen LogP) is 3.86. The first-order valence-electron chi connectivity index (χ1n) is 9.22. The Morgan fingerprint density at radius 2 is 1.82 bits per heavy atom. The van der Waals surface area contributed by atoms with Gasteiger partial charge in [-0.2, -0.15) is 9.61 Å². The van der Waals surface area contributed by atoms with Crippen LogP contribution in [-0.4, -0.2) is 43.9 Å². The summed E-state index contributed by atoms with van der Waals surface area (Å²) in [5.74, 6) is 0.569. The van der Waals surface area contributed by atoms with E-state index in [2.05, 4.69) is 9.97 Å². The Labute approximate surface area is 166 Å². The summed E-state index contributed by atoms with van der Waals surface area (Å²) in [4.78, 5) is 13.8. The summed E-state index contributed by atoms with van der Waals surface area (Å²) in [5.41, 5.74) is 4.50. The third-order valence-electron chi connectivity index (χ3n) is 4.81. The molecule has 0 spiro atoms. The van der Waals surface area contributed by atoms with Gasteiger partial charge >= 0.3 is 0 Å². The second kappa shape index (κ2) is 7.00. The van der Waals surface area contributed by atoms with Crippen molar-refractivity contribution in [2.24, 2.45) is 0 Å². The molecule has 0 aliphatic carbocycles. The van der Waals surface area contributed by atoms with E-state index in [4.69, 9.17) is 31.2 Å². The smallest absolute Gasteiger partial charge is 0.219 e. The number of hydrogen-bond acceptors (Lipinski definition) is 6. The third-order valence-corrected chi connectivity index (χ3v) is 5.00. The Morgan fingerprint density at radius 1 is 1.07 bits per heavy atom. The van der Waals surface area contributed by atoms with Crippen LogP contribution in [-0.2, 0) is 4.74 Å². The molecule has 1 aliphatic rings. The van der Waals surface area contributed by atoms with Crippen LogP contribution >= 0.6 is 11.6 Å². The maximum atomic E-state index is 6.22. The van der Waals surface area contributed by atoms with Gasteiger partial charge in [0.1, 0.15) is 22.6 Å². The quantitative estimate of drug-likeness (QED) is 0.490. The standard InChI is InChI=1S/C20H18ClN5O2/c1-12-20(23-15-5-3-2-4-14(15)22-12)16-10-18-24-17(21)11-19(26(18)25-16)28-13-6-8-27-9-7-13/h2-5,10-11,13H,6-9H2,1H3. The van der Waals surface area contributed by atoms with Crippen LogP contribution in [0.5, 0.6) is 5.88 Å². The number of aromatic nitrogens is 5. The Bertz CT molecular complexity index is 1170. The molecule has 0 unspecified atom stereocenters. The first-order chi connectivity index (χ1) is 13.7. The molecule has 0 atom stereocenters. The normalized spacial score (nSPS) is 15.4. The molecule has 0 N–H and O–H groups in total. The lowest BCUT2D eigenvalue weighted by Gasteiger charge is -2.23. The van der Waals surface area contributed by atoms with Crippen molar-refractivity contribution >= 4 is 28.3 Å². The van der Waals surface area contributed by atoms with Gasteiger partial charge in [-0.15, -0.1) is 0 Å². The first kappa shape index (κ1) is 17.3. The SMILES string of the molecule is Cc1nc2ccccc2nc1-c1cc2nc(Cl)cc(OC3CCOCC3)n2n1. The lowest BCUT2D eigenvalue weighted by molar-refractivity contribution is 0.0228. The fourth-order valence-corrected chi connectivity index (χ4v) is 3.59. The number of rotatable bonds is 3. The number of ether oxygens (including phenoxy) is 2. The summed E-state index contributed by atoms with van der Waals surface area (Å²) in [5, 5.41) is 5.06. The highest BCUT2D eigenvalue weighted by Crippen LogP contribution is 2.27. The van der Waals surface area contributed by atoms with Gasteiger partial charge in [-0.25, -0.2) is 15.0 Å². The summed E-state index contributed by atoms with van der Waals surface area (Å²) >= 11 is 6.22. The van der Waals surface area contributed by atoms with Crippen LogP contribution in [0.15, 0.2) is 36.4 Å². The third kappa shape index (κ3) is 3.16. The molecule has 1 aromatic carbocycles. The van der Waals surface area contributed by atoms with E-state index in [9.17, 15) is 0 Å². The molecule has 7 nitrogen and oxygen atoms in total. The van der Waals surface area contributed by atoms with E-state index in [-0.39, 0.29) is 6.10 Å². The lowest BCUT2D eigenvalue weighted by atomic mass is 10.2. The minimum Gasteiger partial charge on any atom is -0.474 e. The summed E-state index contributed by atoms with van der Waals surface area (Å²) in [7, 11) is 0. The molecule has 3 aromatic heterocycles. The molecule has 4 heterocycles. The van der Waals surface area contributed by atoms with Crippen molar-refractivity contribution in [3.05, 3.63) is 47.2 Å². The molecule has 1 saturated heterocycles. The first-order valence-corrected chi connectivity index (χ1v) is 9.60. The molecule has 142 valence electrons. The van der Waals surface area contributed by atoms with Crippen LogP contribution < -0.4 is 4.74 Å². The van der Waals surface area contributed by atoms with Crippen molar-refractivity contribution in [3.63, 3.8) is 0 Å². The van der Waals surface area contributed by atoms with E-state index < -0.39 is 0 Å². The number of nitrogens with zero attached hydrogens (tertiary/aromatic N) is 5. The Hall–Kier alpha value is -2.77. The van der Waals surface area contributed by atoms with E-state index >= 15 is 0 Å². The second-order valence-corrected chi connectivity index (χ2v) is 7.18. The van der Waals surface area contributed by atoms with E-state index in [0.29, 0.717) is 35.6 Å². The van der Waals surface area contributed by atoms with Gasteiger partial charge in [-0.3, -0.25) is 0 Å². The maximum Gasteiger partial charge on any atom is 0.219 e. The second-order valence-electron chi connectivity index (χ2n) is 6.79. The van der Waals surface area contributed by atoms with Gasteiger partial charge in [0.05, 0.1) is 29.9 Å². The average Bonchev–Trinajstić information content (AvgIpc) is 3.12. The summed E-state index contributed by atoms with van der Waals surface area (Å²) in [6.07, 6.45) is 1.75. The molecular formula is C20H18ClN5O2. The number of para-hydroxylation sites is 2. The number of aryl methyl sites for hydroxylation is 1. The molecule has 1 aliphatic heterocycles. The van der Waals surface area contributed by atoms with Gasteiger partial charge < -0.3 is 9.47 Å². The molecule has 1 fully saturated rings. The molecule has 28 heavy (non-hydrogen) atoms. The van der Waals surface area contributed by atoms with Crippen LogP contribution in [0.4, 0.5) is 0 Å². The van der Waals surface area contributed by atoms with Crippen molar-refractivity contribution in [2.75, 3.05) is 13.2 Å². The summed E-state index contributed by atoms with van der Waals surface area (Å²) in [6.45, 7) is 3.32. The summed E-state index contributed by atoms with van der Waals surface area (Å²) in [6, 6.07) is 11.3. The minimum atomic E-state index is 0.0743. The highest BCUT2D eigenvalue weighted by molar-refractivity contribution is 6.29. The monoisotopic (exact) mass is 395 g/mol. The molecule has 0 amide bonds. The highest BCUT2D eigenvalue weighted by Gasteiger charge is 2.19. The molecule has 0 radical (unpaired) electrons. The Kier molecular flexibility index (Phi) is 4.33. The van der Waals surface area contributed by atoms with E-state index in [1.807, 2.05) is 37.3 Å². The van der Waals surface area contributed by atoms with E-state index in [0.717, 1.165) is 35.3 Å². The zero-order valence-corrected chi connectivity index (χ0v) is 16.1. The van der Waals surface area contributed by atoms with Crippen LogP contribution in [0.3, 0.4) is 0 Å². The van der Waals surface area contributed by atoms with E-state index in [1.165, 1.54) is 0 Å². The van der Waals surface area contributed by atoms with Crippen LogP contribution in [0.25, 0.3) is 28.1 Å². The number of halogens is 1. The summed E-state index contributed by atoms with van der Waals surface area (Å²) < 4.78 is 13.2. The molecule has 8 heteroatoms. The molecular weight excluding hydrogens is 378 g/mol. The van der Waals surface area contributed by atoms with Crippen molar-refractivity contribution in [1.29, 1.82) is 0 Å². The van der Waals surface area contributed by atoms with Crippen LogP contribution in [0.1, 0.15) is 18.5 Å². The van der Waals surface area contributed by atoms with Gasteiger partial charge in [0, 0.05) is 25.0 Å². The van der Waals surface area contributed by atoms with Crippen molar-refractivity contribution in [3.8, 4) is 17.3 Å². The highest BCUT2D eigenvalue weighted by atomic mass is 35.5. The van der Waals surface area contributed by atoms with Gasteiger partial charge in [0.15, 0.2) is 5.65 Å². The fraction of sp³-hybridized carbons (Fsp3) is 0.300. The maximum absolute atomic E-state index is 6.22. The van der Waals surface area contributed by atoms with E-state index in [1.54, 1.807) is 10.6 Å². The van der Waals surface area contributed by atoms with Crippen molar-refractivity contribution in [2.45, 2.75) is 25.9 Å². The van der Waals surface area contributed by atoms with Crippen LogP contribution in [0.2, 0.25) is 5.15 Å². The minimum absolute atomic E-state index is 0.0743. The fourth-order valence-electron chi connectivity index (χ4n) is 3.41. The average molecular weight is 396 g/mol. The van der Waals surface area contributed by atoms with Crippen LogP contribution in [0, 0.1) is 6.92 Å². The Morgan fingerprint density at radius 3 is 2.61 bits per heavy atom. The zero-order valence-electron chi connectivity index (χ0n) is 15.3.